The minimum absolute atomic E-state index is 0.355. The standard InChI is InChI=1S/C6H8N2O2.C2H6/c1-4-5(3-7-8-4)6(9)10-2;1-2/h3H,1-2H3,(H,7,8);1-2H3. The third-order valence-electron chi connectivity index (χ3n) is 1.24. The van der Waals surface area contributed by atoms with Crippen LogP contribution < -0.4 is 0 Å². The van der Waals surface area contributed by atoms with Crippen LogP contribution in [0.4, 0.5) is 0 Å². The van der Waals surface area contributed by atoms with E-state index < -0.39 is 0 Å². The van der Waals surface area contributed by atoms with Crippen molar-refractivity contribution in [2.24, 2.45) is 0 Å². The topological polar surface area (TPSA) is 55.0 Å². The molecule has 0 aliphatic rings. The van der Waals surface area contributed by atoms with E-state index in [-0.39, 0.29) is 5.97 Å². The zero-order chi connectivity index (χ0) is 9.56. The van der Waals surface area contributed by atoms with Crippen molar-refractivity contribution in [1.82, 2.24) is 10.2 Å². The maximum atomic E-state index is 10.8. The smallest absolute Gasteiger partial charge is 0.341 e. The van der Waals surface area contributed by atoms with E-state index in [2.05, 4.69) is 14.9 Å². The molecule has 12 heavy (non-hydrogen) atoms. The molecule has 0 aliphatic heterocycles. The minimum Gasteiger partial charge on any atom is -0.465 e. The van der Waals surface area contributed by atoms with Crippen LogP contribution in [0.2, 0.25) is 0 Å². The molecule has 1 aromatic heterocycles. The predicted octanol–water partition coefficient (Wildman–Crippen LogP) is 1.53. The van der Waals surface area contributed by atoms with E-state index >= 15 is 0 Å². The lowest BCUT2D eigenvalue weighted by molar-refractivity contribution is 0.0600. The Balaban J connectivity index is 0.000000561. The van der Waals surface area contributed by atoms with E-state index in [0.717, 1.165) is 5.69 Å². The Morgan fingerprint density at radius 2 is 2.17 bits per heavy atom. The van der Waals surface area contributed by atoms with Gasteiger partial charge >= 0.3 is 5.97 Å². The van der Waals surface area contributed by atoms with Gasteiger partial charge in [-0.3, -0.25) is 5.10 Å². The first kappa shape index (κ1) is 10.7. The van der Waals surface area contributed by atoms with E-state index in [1.54, 1.807) is 6.92 Å². The molecule has 0 unspecified atom stereocenters. The lowest BCUT2D eigenvalue weighted by Gasteiger charge is -1.93. The van der Waals surface area contributed by atoms with Crippen LogP contribution in [0.1, 0.15) is 29.9 Å². The number of aromatic nitrogens is 2. The number of aryl methyl sites for hydroxylation is 1. The van der Waals surface area contributed by atoms with Crippen LogP contribution in [0.5, 0.6) is 0 Å². The summed E-state index contributed by atoms with van der Waals surface area (Å²) >= 11 is 0. The number of esters is 1. The van der Waals surface area contributed by atoms with Gasteiger partial charge in [0.2, 0.25) is 0 Å². The molecular formula is C8H14N2O2. The van der Waals surface area contributed by atoms with Crippen LogP contribution in [-0.2, 0) is 4.74 Å². The van der Waals surface area contributed by atoms with Crippen LogP contribution in [0.3, 0.4) is 0 Å². The highest BCUT2D eigenvalue weighted by molar-refractivity contribution is 5.90. The van der Waals surface area contributed by atoms with Crippen LogP contribution in [-0.4, -0.2) is 23.3 Å². The van der Waals surface area contributed by atoms with Gasteiger partial charge in [-0.05, 0) is 6.92 Å². The van der Waals surface area contributed by atoms with E-state index in [0.29, 0.717) is 5.56 Å². The summed E-state index contributed by atoms with van der Waals surface area (Å²) in [6.45, 7) is 5.76. The number of hydrogen-bond acceptors (Lipinski definition) is 3. The van der Waals surface area contributed by atoms with Gasteiger partial charge in [-0.25, -0.2) is 4.79 Å². The maximum absolute atomic E-state index is 10.8. The van der Waals surface area contributed by atoms with E-state index in [9.17, 15) is 4.79 Å². The molecule has 1 rings (SSSR count). The quantitative estimate of drug-likeness (QED) is 0.650. The molecule has 1 N–H and O–H groups in total. The highest BCUT2D eigenvalue weighted by atomic mass is 16.5. The van der Waals surface area contributed by atoms with Crippen LogP contribution in [0, 0.1) is 6.92 Å². The Labute approximate surface area is 71.9 Å². The summed E-state index contributed by atoms with van der Waals surface area (Å²) in [4.78, 5) is 10.8. The molecule has 1 aromatic rings. The molecule has 0 radical (unpaired) electrons. The van der Waals surface area contributed by atoms with Crippen molar-refractivity contribution in [3.8, 4) is 0 Å². The largest absolute Gasteiger partial charge is 0.465 e. The lowest BCUT2D eigenvalue weighted by Crippen LogP contribution is -2.00. The van der Waals surface area contributed by atoms with Crippen LogP contribution in [0.15, 0.2) is 6.20 Å². The molecule has 0 aromatic carbocycles. The Hall–Kier alpha value is -1.32. The van der Waals surface area contributed by atoms with Gasteiger partial charge in [0.15, 0.2) is 0 Å². The number of nitrogens with one attached hydrogen (secondary N) is 1. The monoisotopic (exact) mass is 170 g/mol. The molecule has 0 fully saturated rings. The zero-order valence-corrected chi connectivity index (χ0v) is 7.84. The number of H-pyrrole nitrogens is 1. The normalized spacial score (nSPS) is 8.33. The summed E-state index contributed by atoms with van der Waals surface area (Å²) in [6, 6.07) is 0. The molecule has 0 bridgehead atoms. The molecule has 0 saturated carbocycles. The van der Waals surface area contributed by atoms with Gasteiger partial charge in [-0.1, -0.05) is 13.8 Å². The minimum atomic E-state index is -0.355. The number of aromatic amines is 1. The fraction of sp³-hybridized carbons (Fsp3) is 0.500. The Kier molecular flexibility index (Phi) is 4.76. The summed E-state index contributed by atoms with van der Waals surface area (Å²) in [5.41, 5.74) is 1.22. The third kappa shape index (κ3) is 2.38. The summed E-state index contributed by atoms with van der Waals surface area (Å²) in [6.07, 6.45) is 1.45. The van der Waals surface area contributed by atoms with Crippen LogP contribution in [0.25, 0.3) is 0 Å². The second kappa shape index (κ2) is 5.35. The molecule has 0 atom stereocenters. The molecule has 1 heterocycles. The summed E-state index contributed by atoms with van der Waals surface area (Å²) in [5, 5.41) is 6.30. The first-order valence-corrected chi connectivity index (χ1v) is 3.84. The van der Waals surface area contributed by atoms with Crippen molar-refractivity contribution < 1.29 is 9.53 Å². The van der Waals surface area contributed by atoms with E-state index in [1.807, 2.05) is 13.8 Å². The van der Waals surface area contributed by atoms with Gasteiger partial charge in [0.1, 0.15) is 5.56 Å². The molecule has 0 spiro atoms. The zero-order valence-electron chi connectivity index (χ0n) is 7.84. The van der Waals surface area contributed by atoms with Gasteiger partial charge in [-0.15, -0.1) is 0 Å². The highest BCUT2D eigenvalue weighted by Crippen LogP contribution is 2.02. The number of methoxy groups -OCH3 is 1. The summed E-state index contributed by atoms with van der Waals surface area (Å²) in [5.74, 6) is -0.355. The number of hydrogen-bond donors (Lipinski definition) is 1. The molecule has 0 aliphatic carbocycles. The van der Waals surface area contributed by atoms with Gasteiger partial charge < -0.3 is 4.74 Å². The van der Waals surface area contributed by atoms with Gasteiger partial charge in [0.05, 0.1) is 13.3 Å². The Bertz CT molecular complexity index is 243. The van der Waals surface area contributed by atoms with Crippen molar-refractivity contribution in [1.29, 1.82) is 0 Å². The molecule has 68 valence electrons. The SMILES string of the molecule is CC.COC(=O)c1cn[nH]c1C. The van der Waals surface area contributed by atoms with Gasteiger partial charge in [-0.2, -0.15) is 5.10 Å². The number of rotatable bonds is 1. The molecule has 0 saturated heterocycles. The lowest BCUT2D eigenvalue weighted by atomic mass is 10.3. The maximum Gasteiger partial charge on any atom is 0.341 e. The van der Waals surface area contributed by atoms with Crippen molar-refractivity contribution >= 4 is 5.97 Å². The predicted molar refractivity (Wildman–Crippen MR) is 46.0 cm³/mol. The highest BCUT2D eigenvalue weighted by Gasteiger charge is 2.09. The number of nitrogens with zero attached hydrogens (tertiary/aromatic N) is 1. The third-order valence-corrected chi connectivity index (χ3v) is 1.24. The Morgan fingerprint density at radius 3 is 2.50 bits per heavy atom. The Morgan fingerprint density at radius 1 is 1.58 bits per heavy atom. The van der Waals surface area contributed by atoms with Gasteiger partial charge in [0, 0.05) is 5.69 Å². The van der Waals surface area contributed by atoms with Crippen molar-refractivity contribution in [3.05, 3.63) is 17.5 Å². The fourth-order valence-corrected chi connectivity index (χ4v) is 0.666. The second-order valence-electron chi connectivity index (χ2n) is 1.90. The van der Waals surface area contributed by atoms with E-state index in [4.69, 9.17) is 0 Å². The average molecular weight is 170 g/mol. The number of ether oxygens (including phenoxy) is 1. The average Bonchev–Trinajstić information content (AvgIpc) is 2.54. The molecular weight excluding hydrogens is 156 g/mol. The van der Waals surface area contributed by atoms with Crippen molar-refractivity contribution in [3.63, 3.8) is 0 Å². The molecule has 4 nitrogen and oxygen atoms in total. The first-order chi connectivity index (χ1) is 5.75. The number of carbonyl (C=O) groups is 1. The number of carbonyl (C=O) groups excluding carboxylic acids is 1. The molecule has 4 heteroatoms. The van der Waals surface area contributed by atoms with Gasteiger partial charge in [0.25, 0.3) is 0 Å². The van der Waals surface area contributed by atoms with Crippen molar-refractivity contribution in [2.45, 2.75) is 20.8 Å². The first-order valence-electron chi connectivity index (χ1n) is 3.84. The molecule has 0 amide bonds. The second-order valence-corrected chi connectivity index (χ2v) is 1.90. The van der Waals surface area contributed by atoms with Crippen LogP contribution >= 0.6 is 0 Å². The fourth-order valence-electron chi connectivity index (χ4n) is 0.666. The summed E-state index contributed by atoms with van der Waals surface area (Å²) < 4.78 is 4.48. The van der Waals surface area contributed by atoms with Crippen molar-refractivity contribution in [2.75, 3.05) is 7.11 Å². The summed E-state index contributed by atoms with van der Waals surface area (Å²) in [7, 11) is 1.34. The van der Waals surface area contributed by atoms with E-state index in [1.165, 1.54) is 13.3 Å².